The molecule has 3 atom stereocenters. The van der Waals surface area contributed by atoms with Gasteiger partial charge in [-0.1, -0.05) is 6.92 Å². The Kier molecular flexibility index (Phi) is 3.32. The molecular weight excluding hydrogens is 375 g/mol. The van der Waals surface area contributed by atoms with Crippen molar-refractivity contribution >= 4 is 12.0 Å². The summed E-state index contributed by atoms with van der Waals surface area (Å²) in [5.41, 5.74) is 5.54. The van der Waals surface area contributed by atoms with Crippen LogP contribution in [0.15, 0.2) is 16.7 Å². The Morgan fingerprint density at radius 2 is 2.10 bits per heavy atom. The highest BCUT2D eigenvalue weighted by atomic mass is 19.1. The summed E-state index contributed by atoms with van der Waals surface area (Å²) in [6, 6.07) is 1.67. The zero-order valence-electron chi connectivity index (χ0n) is 15.9. The van der Waals surface area contributed by atoms with Crippen LogP contribution in [0.1, 0.15) is 65.3 Å². The van der Waals surface area contributed by atoms with Gasteiger partial charge in [0, 0.05) is 17.0 Å². The van der Waals surface area contributed by atoms with Gasteiger partial charge in [0.2, 0.25) is 0 Å². The smallest absolute Gasteiger partial charge is 0.340 e. The first-order valence-electron chi connectivity index (χ1n) is 10.00. The molecule has 6 rings (SSSR count). The fraction of sp³-hybridized carbons (Fsp3) is 0.409. The van der Waals surface area contributed by atoms with E-state index in [2.05, 4.69) is 0 Å². The number of allylic oxidation sites excluding steroid dienone is 1. The molecule has 6 nitrogen and oxygen atoms in total. The molecule has 0 radical (unpaired) electrons. The predicted octanol–water partition coefficient (Wildman–Crippen LogP) is 2.74. The van der Waals surface area contributed by atoms with Crippen LogP contribution in [0.25, 0.3) is 17.5 Å². The molecule has 0 saturated heterocycles. The number of carbonyl (C=O) groups excluding carboxylic acids is 1. The predicted molar refractivity (Wildman–Crippen MR) is 102 cm³/mol. The van der Waals surface area contributed by atoms with Gasteiger partial charge in [-0.2, -0.15) is 0 Å². The van der Waals surface area contributed by atoms with Crippen molar-refractivity contribution in [3.05, 3.63) is 55.8 Å². The number of halogens is 1. The second kappa shape index (κ2) is 5.63. The first kappa shape index (κ1) is 17.1. The molecule has 148 valence electrons. The van der Waals surface area contributed by atoms with E-state index in [-0.39, 0.29) is 35.4 Å². The number of pyridine rings is 2. The van der Waals surface area contributed by atoms with Gasteiger partial charge in [0.1, 0.15) is 12.4 Å². The van der Waals surface area contributed by atoms with Gasteiger partial charge in [0.05, 0.1) is 29.2 Å². The van der Waals surface area contributed by atoms with E-state index in [0.717, 1.165) is 30.4 Å². The van der Waals surface area contributed by atoms with E-state index in [0.29, 0.717) is 29.2 Å². The molecule has 2 aromatic rings. The number of cyclic esters (lactones) is 1. The van der Waals surface area contributed by atoms with Crippen molar-refractivity contribution in [3.63, 3.8) is 0 Å². The van der Waals surface area contributed by atoms with Gasteiger partial charge in [0.15, 0.2) is 6.10 Å². The third-order valence-electron chi connectivity index (χ3n) is 6.98. The lowest BCUT2D eigenvalue weighted by Gasteiger charge is -2.34. The van der Waals surface area contributed by atoms with Gasteiger partial charge >= 0.3 is 5.97 Å². The molecule has 4 heterocycles. The summed E-state index contributed by atoms with van der Waals surface area (Å²) >= 11 is 0. The maximum Gasteiger partial charge on any atom is 0.340 e. The third-order valence-corrected chi connectivity index (χ3v) is 6.98. The molecule has 2 aliphatic carbocycles. The molecule has 0 aromatic carbocycles. The summed E-state index contributed by atoms with van der Waals surface area (Å²) in [5, 5.41) is 10.2. The molecule has 3 unspecified atom stereocenters. The Balaban J connectivity index is 1.62. The maximum absolute atomic E-state index is 14.6. The lowest BCUT2D eigenvalue weighted by atomic mass is 9.71. The summed E-state index contributed by atoms with van der Waals surface area (Å²) in [4.78, 5) is 29.6. The first-order valence-corrected chi connectivity index (χ1v) is 10.00. The van der Waals surface area contributed by atoms with Gasteiger partial charge in [-0.05, 0) is 48.4 Å². The minimum absolute atomic E-state index is 0.123. The van der Waals surface area contributed by atoms with Gasteiger partial charge in [-0.3, -0.25) is 4.79 Å². The molecular formula is C22H19FN2O4. The van der Waals surface area contributed by atoms with E-state index in [9.17, 15) is 19.1 Å². The van der Waals surface area contributed by atoms with E-state index >= 15 is 0 Å². The van der Waals surface area contributed by atoms with Crippen LogP contribution in [0.2, 0.25) is 0 Å². The topological polar surface area (TPSA) is 81.4 Å². The quantitative estimate of drug-likeness (QED) is 0.593. The van der Waals surface area contributed by atoms with E-state index in [1.807, 2.05) is 6.92 Å². The normalized spacial score (nSPS) is 26.1. The number of hydrogen-bond acceptors (Lipinski definition) is 5. The number of rotatable bonds is 0. The van der Waals surface area contributed by atoms with Crippen molar-refractivity contribution < 1.29 is 19.0 Å². The van der Waals surface area contributed by atoms with Crippen LogP contribution in [-0.4, -0.2) is 20.6 Å². The molecule has 0 fully saturated rings. The molecule has 0 bridgehead atoms. The Bertz CT molecular complexity index is 1210. The van der Waals surface area contributed by atoms with Gasteiger partial charge in [0.25, 0.3) is 5.56 Å². The lowest BCUT2D eigenvalue weighted by molar-refractivity contribution is -0.157. The van der Waals surface area contributed by atoms with Gasteiger partial charge < -0.3 is 14.4 Å². The number of nitrogens with zero attached hydrogens (tertiary/aromatic N) is 2. The average Bonchev–Trinajstić information content (AvgIpc) is 3.08. The van der Waals surface area contributed by atoms with Crippen LogP contribution in [0.3, 0.4) is 0 Å². The number of ether oxygens (including phenoxy) is 1. The summed E-state index contributed by atoms with van der Waals surface area (Å²) < 4.78 is 21.1. The SMILES string of the molecule is CC1C(F)=Cc2nc3c(c4c2C1CCC4)Cn1c-3cc2c(c1=O)COC(=O)C2O. The van der Waals surface area contributed by atoms with Crippen LogP contribution >= 0.6 is 0 Å². The molecule has 29 heavy (non-hydrogen) atoms. The summed E-state index contributed by atoms with van der Waals surface area (Å²) in [5.74, 6) is -0.936. The van der Waals surface area contributed by atoms with E-state index in [4.69, 9.17) is 9.72 Å². The van der Waals surface area contributed by atoms with Gasteiger partial charge in [-0.15, -0.1) is 0 Å². The van der Waals surface area contributed by atoms with Crippen molar-refractivity contribution in [3.8, 4) is 11.4 Å². The Labute approximate surface area is 165 Å². The molecule has 0 amide bonds. The highest BCUT2D eigenvalue weighted by Gasteiger charge is 2.39. The number of fused-ring (bicyclic) bond motifs is 5. The Morgan fingerprint density at radius 3 is 2.93 bits per heavy atom. The highest BCUT2D eigenvalue weighted by Crippen LogP contribution is 2.49. The number of esters is 1. The third kappa shape index (κ3) is 2.11. The van der Waals surface area contributed by atoms with Gasteiger partial charge in [-0.25, -0.2) is 14.2 Å². The van der Waals surface area contributed by atoms with Crippen LogP contribution in [0.4, 0.5) is 4.39 Å². The van der Waals surface area contributed by atoms with Crippen molar-refractivity contribution in [2.24, 2.45) is 5.92 Å². The number of aliphatic hydroxyl groups is 1. The van der Waals surface area contributed by atoms with Crippen LogP contribution < -0.4 is 5.56 Å². The monoisotopic (exact) mass is 394 g/mol. The van der Waals surface area contributed by atoms with Crippen molar-refractivity contribution in [1.82, 2.24) is 9.55 Å². The van der Waals surface area contributed by atoms with Crippen LogP contribution in [0, 0.1) is 5.92 Å². The van der Waals surface area contributed by atoms with Crippen LogP contribution in [0.5, 0.6) is 0 Å². The molecule has 0 saturated carbocycles. The summed E-state index contributed by atoms with van der Waals surface area (Å²) in [7, 11) is 0. The minimum atomic E-state index is -1.47. The average molecular weight is 394 g/mol. The number of hydrogen-bond donors (Lipinski definition) is 1. The second-order valence-corrected chi connectivity index (χ2v) is 8.40. The van der Waals surface area contributed by atoms with Crippen molar-refractivity contribution in [2.75, 3.05) is 0 Å². The Hall–Kier alpha value is -2.80. The lowest BCUT2D eigenvalue weighted by Crippen LogP contribution is -2.32. The van der Waals surface area contributed by atoms with E-state index in [1.165, 1.54) is 11.6 Å². The molecule has 2 aromatic heterocycles. The number of aliphatic hydroxyl groups excluding tert-OH is 1. The highest BCUT2D eigenvalue weighted by molar-refractivity contribution is 5.80. The van der Waals surface area contributed by atoms with Crippen LogP contribution in [-0.2, 0) is 29.1 Å². The van der Waals surface area contributed by atoms with Crippen molar-refractivity contribution in [1.29, 1.82) is 0 Å². The molecule has 4 aliphatic rings. The molecule has 0 spiro atoms. The molecule has 2 aliphatic heterocycles. The first-order chi connectivity index (χ1) is 14.0. The largest absolute Gasteiger partial charge is 0.458 e. The molecule has 1 N–H and O–H groups in total. The fourth-order valence-electron chi connectivity index (χ4n) is 5.45. The zero-order chi connectivity index (χ0) is 20.0. The van der Waals surface area contributed by atoms with Crippen molar-refractivity contribution in [2.45, 2.75) is 51.4 Å². The van der Waals surface area contributed by atoms with E-state index < -0.39 is 12.1 Å². The summed E-state index contributed by atoms with van der Waals surface area (Å²) in [6.45, 7) is 2.20. The minimum Gasteiger partial charge on any atom is -0.458 e. The number of carbonyl (C=O) groups is 1. The fourth-order valence-corrected chi connectivity index (χ4v) is 5.45. The Morgan fingerprint density at radius 1 is 1.28 bits per heavy atom. The zero-order valence-corrected chi connectivity index (χ0v) is 15.9. The second-order valence-electron chi connectivity index (χ2n) is 8.40. The summed E-state index contributed by atoms with van der Waals surface area (Å²) in [6.07, 6.45) is 2.86. The molecule has 7 heteroatoms. The number of aromatic nitrogens is 2. The standard InChI is InChI=1S/C22H19FN2O4/c1-9-10-3-2-4-11-13-7-25-17(19(13)24-16(18(10)11)6-15(9)23)5-12-14(21(25)27)8-29-22(28)20(12)26/h5-6,9-10,20,26H,2-4,7-8H2,1H3. The van der Waals surface area contributed by atoms with E-state index in [1.54, 1.807) is 10.6 Å². The maximum atomic E-state index is 14.6.